The van der Waals surface area contributed by atoms with Crippen LogP contribution >= 0.6 is 0 Å². The second-order valence-corrected chi connectivity index (χ2v) is 4.46. The summed E-state index contributed by atoms with van der Waals surface area (Å²) in [6, 6.07) is 0. The van der Waals surface area contributed by atoms with Crippen molar-refractivity contribution in [3.8, 4) is 0 Å². The average Bonchev–Trinajstić information content (AvgIpc) is 2.30. The van der Waals surface area contributed by atoms with Gasteiger partial charge in [-0.15, -0.1) is 0 Å². The Hall–Kier alpha value is -0.0400. The van der Waals surface area contributed by atoms with Gasteiger partial charge in [0.15, 0.2) is 0 Å². The predicted octanol–water partition coefficient (Wildman–Crippen LogP) is 4.80. The molecule has 0 unspecified atom stereocenters. The van der Waals surface area contributed by atoms with Gasteiger partial charge in [0.2, 0.25) is 0 Å². The smallest absolute Gasteiger partial charge is 0.0575 e. The molecule has 1 aliphatic rings. The van der Waals surface area contributed by atoms with E-state index in [2.05, 4.69) is 13.8 Å². The van der Waals surface area contributed by atoms with Crippen molar-refractivity contribution < 1.29 is 4.74 Å². The van der Waals surface area contributed by atoms with Crippen LogP contribution in [0.25, 0.3) is 0 Å². The van der Waals surface area contributed by atoms with Crippen LogP contribution in [0.15, 0.2) is 0 Å². The zero-order valence-electron chi connectivity index (χ0n) is 11.2. The minimum absolute atomic E-state index is 0.591. The van der Waals surface area contributed by atoms with Crippen molar-refractivity contribution in [2.45, 2.75) is 78.7 Å². The highest BCUT2D eigenvalue weighted by Gasteiger charge is 2.17. The Morgan fingerprint density at radius 2 is 1.60 bits per heavy atom. The predicted molar refractivity (Wildman–Crippen MR) is 68.2 cm³/mol. The van der Waals surface area contributed by atoms with Crippen LogP contribution in [0.1, 0.15) is 72.6 Å². The number of hydrogen-bond donors (Lipinski definition) is 0. The van der Waals surface area contributed by atoms with Crippen LogP contribution in [0, 0.1) is 5.92 Å². The first kappa shape index (κ1) is 15.0. The van der Waals surface area contributed by atoms with Crippen LogP contribution in [-0.4, -0.2) is 12.7 Å². The third-order valence-electron chi connectivity index (χ3n) is 3.06. The number of ether oxygens (including phenoxy) is 1. The molecule has 0 aromatic rings. The molecular formula is C14H30O. The summed E-state index contributed by atoms with van der Waals surface area (Å²) in [7, 11) is 0. The molecule has 0 saturated heterocycles. The van der Waals surface area contributed by atoms with E-state index < -0.39 is 0 Å². The van der Waals surface area contributed by atoms with E-state index in [4.69, 9.17) is 4.74 Å². The van der Waals surface area contributed by atoms with E-state index in [1.54, 1.807) is 0 Å². The molecule has 15 heavy (non-hydrogen) atoms. The van der Waals surface area contributed by atoms with E-state index in [0.717, 1.165) is 12.5 Å². The molecule has 0 aromatic carbocycles. The third kappa shape index (κ3) is 7.84. The van der Waals surface area contributed by atoms with E-state index in [9.17, 15) is 0 Å². The van der Waals surface area contributed by atoms with Crippen molar-refractivity contribution in [1.29, 1.82) is 0 Å². The van der Waals surface area contributed by atoms with Crippen LogP contribution in [0.2, 0.25) is 0 Å². The van der Waals surface area contributed by atoms with E-state index >= 15 is 0 Å². The Bertz CT molecular complexity index is 115. The second kappa shape index (κ2) is 10.5. The van der Waals surface area contributed by atoms with Crippen molar-refractivity contribution in [2.75, 3.05) is 6.61 Å². The van der Waals surface area contributed by atoms with Crippen molar-refractivity contribution in [1.82, 2.24) is 0 Å². The fourth-order valence-electron chi connectivity index (χ4n) is 2.00. The van der Waals surface area contributed by atoms with Gasteiger partial charge in [-0.1, -0.05) is 40.5 Å². The zero-order chi connectivity index (χ0) is 11.5. The van der Waals surface area contributed by atoms with Crippen LogP contribution in [-0.2, 0) is 4.74 Å². The third-order valence-corrected chi connectivity index (χ3v) is 3.06. The molecule has 0 radical (unpaired) electrons. The first-order valence-corrected chi connectivity index (χ1v) is 6.94. The quantitative estimate of drug-likeness (QED) is 0.597. The summed E-state index contributed by atoms with van der Waals surface area (Å²) < 4.78 is 5.83. The Balaban J connectivity index is 0.000000921. The molecule has 0 heterocycles. The summed E-state index contributed by atoms with van der Waals surface area (Å²) in [5, 5.41) is 0. The summed E-state index contributed by atoms with van der Waals surface area (Å²) in [5.74, 6) is 0.940. The maximum atomic E-state index is 5.83. The molecule has 0 aliphatic heterocycles. The Kier molecular flexibility index (Phi) is 10.4. The van der Waals surface area contributed by atoms with E-state index in [1.165, 1.54) is 44.9 Å². The molecule has 0 amide bonds. The lowest BCUT2D eigenvalue weighted by Gasteiger charge is -2.26. The van der Waals surface area contributed by atoms with E-state index in [0.29, 0.717) is 6.10 Å². The molecule has 0 aromatic heterocycles. The fourth-order valence-corrected chi connectivity index (χ4v) is 2.00. The molecule has 1 rings (SSSR count). The lowest BCUT2D eigenvalue weighted by atomic mass is 9.89. The zero-order valence-corrected chi connectivity index (χ0v) is 11.2. The maximum Gasteiger partial charge on any atom is 0.0575 e. The van der Waals surface area contributed by atoms with Crippen LogP contribution in [0.4, 0.5) is 0 Å². The summed E-state index contributed by atoms with van der Waals surface area (Å²) in [5.41, 5.74) is 0. The van der Waals surface area contributed by atoms with Gasteiger partial charge in [-0.3, -0.25) is 0 Å². The Morgan fingerprint density at radius 3 is 2.13 bits per heavy atom. The molecule has 1 nitrogen and oxygen atoms in total. The van der Waals surface area contributed by atoms with Gasteiger partial charge < -0.3 is 4.74 Å². The molecule has 92 valence electrons. The largest absolute Gasteiger partial charge is 0.378 e. The minimum Gasteiger partial charge on any atom is -0.378 e. The van der Waals surface area contributed by atoms with E-state index in [-0.39, 0.29) is 0 Å². The standard InChI is InChI=1S/C12H24O.C2H6/c1-3-4-5-10-13-12-8-6-11(2)7-9-12;1-2/h11-12H,3-10H2,1-2H3;1-2H3. The summed E-state index contributed by atoms with van der Waals surface area (Å²) in [6.45, 7) is 9.59. The summed E-state index contributed by atoms with van der Waals surface area (Å²) in [6.07, 6.45) is 9.81. The fraction of sp³-hybridized carbons (Fsp3) is 1.00. The van der Waals surface area contributed by atoms with Gasteiger partial charge in [-0.25, -0.2) is 0 Å². The number of rotatable bonds is 5. The van der Waals surface area contributed by atoms with Crippen molar-refractivity contribution >= 4 is 0 Å². The molecule has 0 bridgehead atoms. The molecular weight excluding hydrogens is 184 g/mol. The van der Waals surface area contributed by atoms with Gasteiger partial charge in [0.1, 0.15) is 0 Å². The Morgan fingerprint density at radius 1 is 1.00 bits per heavy atom. The summed E-state index contributed by atoms with van der Waals surface area (Å²) >= 11 is 0. The molecule has 0 spiro atoms. The SMILES string of the molecule is CC.CCCCCOC1CCC(C)CC1. The average molecular weight is 214 g/mol. The Labute approximate surface area is 96.6 Å². The molecule has 1 aliphatic carbocycles. The van der Waals surface area contributed by atoms with Gasteiger partial charge in [-0.2, -0.15) is 0 Å². The summed E-state index contributed by atoms with van der Waals surface area (Å²) in [4.78, 5) is 0. The number of unbranched alkanes of at least 4 members (excludes halogenated alkanes) is 2. The monoisotopic (exact) mass is 214 g/mol. The van der Waals surface area contributed by atoms with Gasteiger partial charge in [0.25, 0.3) is 0 Å². The lowest BCUT2D eigenvalue weighted by molar-refractivity contribution is 0.0180. The molecule has 1 fully saturated rings. The van der Waals surface area contributed by atoms with Crippen LogP contribution in [0.3, 0.4) is 0 Å². The highest BCUT2D eigenvalue weighted by atomic mass is 16.5. The maximum absolute atomic E-state index is 5.83. The van der Waals surface area contributed by atoms with Crippen molar-refractivity contribution in [3.63, 3.8) is 0 Å². The lowest BCUT2D eigenvalue weighted by Crippen LogP contribution is -2.20. The van der Waals surface area contributed by atoms with Crippen molar-refractivity contribution in [3.05, 3.63) is 0 Å². The van der Waals surface area contributed by atoms with Gasteiger partial charge in [0, 0.05) is 6.61 Å². The second-order valence-electron chi connectivity index (χ2n) is 4.46. The van der Waals surface area contributed by atoms with Crippen molar-refractivity contribution in [2.24, 2.45) is 5.92 Å². The molecule has 0 N–H and O–H groups in total. The topological polar surface area (TPSA) is 9.23 Å². The van der Waals surface area contributed by atoms with Gasteiger partial charge in [-0.05, 0) is 38.0 Å². The highest BCUT2D eigenvalue weighted by Crippen LogP contribution is 2.25. The number of hydrogen-bond acceptors (Lipinski definition) is 1. The van der Waals surface area contributed by atoms with Crippen LogP contribution < -0.4 is 0 Å². The minimum atomic E-state index is 0.591. The first-order chi connectivity index (χ1) is 7.33. The molecule has 1 heteroatoms. The first-order valence-electron chi connectivity index (χ1n) is 6.94. The van der Waals surface area contributed by atoms with E-state index in [1.807, 2.05) is 13.8 Å². The molecule has 1 saturated carbocycles. The normalized spacial score (nSPS) is 25.6. The van der Waals surface area contributed by atoms with Gasteiger partial charge in [0.05, 0.1) is 6.10 Å². The highest BCUT2D eigenvalue weighted by molar-refractivity contribution is 4.69. The van der Waals surface area contributed by atoms with Gasteiger partial charge >= 0.3 is 0 Å². The molecule has 0 atom stereocenters. The van der Waals surface area contributed by atoms with Crippen LogP contribution in [0.5, 0.6) is 0 Å².